The zero-order valence-corrected chi connectivity index (χ0v) is 9.74. The maximum absolute atomic E-state index is 5.71. The first-order valence-electron chi connectivity index (χ1n) is 4.93. The molecule has 1 saturated carbocycles. The maximum atomic E-state index is 5.71. The van der Waals surface area contributed by atoms with Crippen molar-refractivity contribution in [3.05, 3.63) is 5.82 Å². The number of hydrogen-bond donors (Lipinski definition) is 1. The molecule has 14 heavy (non-hydrogen) atoms. The molecule has 1 fully saturated rings. The van der Waals surface area contributed by atoms with E-state index in [1.54, 1.807) is 0 Å². The van der Waals surface area contributed by atoms with Crippen molar-refractivity contribution in [2.45, 2.75) is 25.7 Å². The van der Waals surface area contributed by atoms with Gasteiger partial charge in [-0.15, -0.1) is 11.6 Å². The molecular formula is C9H14ClN3S. The van der Waals surface area contributed by atoms with Gasteiger partial charge in [0.1, 0.15) is 5.82 Å². The molecule has 5 heteroatoms. The van der Waals surface area contributed by atoms with Gasteiger partial charge in [0.05, 0.1) is 0 Å². The Kier molecular flexibility index (Phi) is 3.23. The van der Waals surface area contributed by atoms with Gasteiger partial charge in [0, 0.05) is 29.9 Å². The molecule has 1 aromatic rings. The van der Waals surface area contributed by atoms with E-state index in [1.807, 2.05) is 0 Å². The fourth-order valence-corrected chi connectivity index (χ4v) is 1.89. The number of anilines is 1. The van der Waals surface area contributed by atoms with Gasteiger partial charge in [0.15, 0.2) is 0 Å². The van der Waals surface area contributed by atoms with Crippen LogP contribution in [0.4, 0.5) is 5.13 Å². The van der Waals surface area contributed by atoms with Crippen LogP contribution in [0, 0.1) is 5.92 Å². The number of nitrogens with zero attached hydrogens (tertiary/aromatic N) is 2. The van der Waals surface area contributed by atoms with Gasteiger partial charge in [-0.3, -0.25) is 0 Å². The molecule has 1 aliphatic carbocycles. The second kappa shape index (κ2) is 4.45. The topological polar surface area (TPSA) is 37.8 Å². The van der Waals surface area contributed by atoms with Crippen LogP contribution in [0.3, 0.4) is 0 Å². The van der Waals surface area contributed by atoms with Crippen molar-refractivity contribution in [2.24, 2.45) is 5.92 Å². The van der Waals surface area contributed by atoms with Crippen molar-refractivity contribution in [2.75, 3.05) is 17.7 Å². The number of nitrogens with one attached hydrogen (secondary N) is 1. The molecule has 1 aliphatic rings. The van der Waals surface area contributed by atoms with Gasteiger partial charge in [0.25, 0.3) is 0 Å². The Morgan fingerprint density at radius 1 is 1.64 bits per heavy atom. The Morgan fingerprint density at radius 2 is 2.43 bits per heavy atom. The van der Waals surface area contributed by atoms with Crippen LogP contribution in [0.5, 0.6) is 0 Å². The van der Waals surface area contributed by atoms with Crippen molar-refractivity contribution >= 4 is 28.3 Å². The van der Waals surface area contributed by atoms with Crippen LogP contribution in [0.15, 0.2) is 0 Å². The van der Waals surface area contributed by atoms with Gasteiger partial charge in [-0.25, -0.2) is 4.98 Å². The van der Waals surface area contributed by atoms with Crippen molar-refractivity contribution in [1.29, 1.82) is 0 Å². The smallest absolute Gasteiger partial charge is 0.202 e. The summed E-state index contributed by atoms with van der Waals surface area (Å²) in [5, 5.41) is 4.19. The van der Waals surface area contributed by atoms with E-state index in [4.69, 9.17) is 11.6 Å². The van der Waals surface area contributed by atoms with Crippen LogP contribution < -0.4 is 5.32 Å². The standard InChI is InChI=1S/C9H14ClN3S/c1-6(4-10)5-11-9-12-8(13-14-9)7-2-3-7/h6-7H,2-5H2,1H3,(H,11,12,13). The van der Waals surface area contributed by atoms with E-state index in [0.717, 1.165) is 17.5 Å². The van der Waals surface area contributed by atoms with Crippen molar-refractivity contribution in [3.8, 4) is 0 Å². The van der Waals surface area contributed by atoms with E-state index < -0.39 is 0 Å². The number of rotatable bonds is 5. The third-order valence-electron chi connectivity index (χ3n) is 2.25. The fourth-order valence-electron chi connectivity index (χ4n) is 1.13. The van der Waals surface area contributed by atoms with Crippen LogP contribution in [0.25, 0.3) is 0 Å². The Labute approximate surface area is 93.1 Å². The second-order valence-corrected chi connectivity index (χ2v) is 4.93. The quantitative estimate of drug-likeness (QED) is 0.792. The average Bonchev–Trinajstić information content (AvgIpc) is 2.95. The minimum atomic E-state index is 0.477. The number of alkyl halides is 1. The van der Waals surface area contributed by atoms with Gasteiger partial charge < -0.3 is 5.32 Å². The molecule has 1 heterocycles. The lowest BCUT2D eigenvalue weighted by atomic mass is 10.2. The summed E-state index contributed by atoms with van der Waals surface area (Å²) < 4.78 is 4.32. The van der Waals surface area contributed by atoms with Crippen LogP contribution in [-0.2, 0) is 0 Å². The SMILES string of the molecule is CC(CCl)CNc1nc(C2CC2)ns1. The summed E-state index contributed by atoms with van der Waals surface area (Å²) >= 11 is 7.17. The Morgan fingerprint density at radius 3 is 3.07 bits per heavy atom. The molecule has 0 saturated heterocycles. The minimum Gasteiger partial charge on any atom is -0.360 e. The Hall–Kier alpha value is -0.350. The minimum absolute atomic E-state index is 0.477. The Bertz CT molecular complexity index is 298. The molecule has 1 unspecified atom stereocenters. The van der Waals surface area contributed by atoms with Crippen LogP contribution in [-0.4, -0.2) is 21.8 Å². The molecule has 78 valence electrons. The molecule has 0 amide bonds. The van der Waals surface area contributed by atoms with Gasteiger partial charge >= 0.3 is 0 Å². The van der Waals surface area contributed by atoms with E-state index in [-0.39, 0.29) is 0 Å². The zero-order valence-electron chi connectivity index (χ0n) is 8.16. The summed E-state index contributed by atoms with van der Waals surface area (Å²) in [6, 6.07) is 0. The lowest BCUT2D eigenvalue weighted by molar-refractivity contribution is 0.696. The lowest BCUT2D eigenvalue weighted by Crippen LogP contribution is -2.12. The highest BCUT2D eigenvalue weighted by Crippen LogP contribution is 2.39. The second-order valence-electron chi connectivity index (χ2n) is 3.87. The molecule has 0 radical (unpaired) electrons. The molecule has 0 bridgehead atoms. The van der Waals surface area contributed by atoms with Crippen molar-refractivity contribution in [1.82, 2.24) is 9.36 Å². The van der Waals surface area contributed by atoms with E-state index in [2.05, 4.69) is 21.6 Å². The third kappa shape index (κ3) is 2.58. The van der Waals surface area contributed by atoms with E-state index >= 15 is 0 Å². The molecule has 0 spiro atoms. The lowest BCUT2D eigenvalue weighted by Gasteiger charge is -2.06. The fraction of sp³-hybridized carbons (Fsp3) is 0.778. The largest absolute Gasteiger partial charge is 0.360 e. The normalized spacial score (nSPS) is 18.1. The first-order valence-corrected chi connectivity index (χ1v) is 6.24. The van der Waals surface area contributed by atoms with E-state index in [0.29, 0.717) is 17.7 Å². The van der Waals surface area contributed by atoms with Crippen molar-refractivity contribution < 1.29 is 0 Å². The number of halogens is 1. The summed E-state index contributed by atoms with van der Waals surface area (Å²) in [6.45, 7) is 2.99. The van der Waals surface area contributed by atoms with Crippen LogP contribution >= 0.6 is 23.1 Å². The summed E-state index contributed by atoms with van der Waals surface area (Å²) in [4.78, 5) is 4.43. The predicted octanol–water partition coefficient (Wildman–Crippen LogP) is 2.70. The highest BCUT2D eigenvalue weighted by Gasteiger charge is 2.27. The summed E-state index contributed by atoms with van der Waals surface area (Å²) in [7, 11) is 0. The number of hydrogen-bond acceptors (Lipinski definition) is 4. The maximum Gasteiger partial charge on any atom is 0.202 e. The third-order valence-corrected chi connectivity index (χ3v) is 3.46. The van der Waals surface area contributed by atoms with Crippen molar-refractivity contribution in [3.63, 3.8) is 0 Å². The highest BCUT2D eigenvalue weighted by atomic mass is 35.5. The molecule has 1 atom stereocenters. The first kappa shape index (κ1) is 10.2. The molecule has 0 aliphatic heterocycles. The van der Waals surface area contributed by atoms with E-state index in [9.17, 15) is 0 Å². The highest BCUT2D eigenvalue weighted by molar-refractivity contribution is 7.09. The summed E-state index contributed by atoms with van der Waals surface area (Å²) in [6.07, 6.45) is 2.52. The van der Waals surface area contributed by atoms with Crippen LogP contribution in [0.2, 0.25) is 0 Å². The van der Waals surface area contributed by atoms with E-state index in [1.165, 1.54) is 24.4 Å². The van der Waals surface area contributed by atoms with Gasteiger partial charge in [-0.2, -0.15) is 4.37 Å². The molecule has 3 nitrogen and oxygen atoms in total. The summed E-state index contributed by atoms with van der Waals surface area (Å²) in [5.41, 5.74) is 0. The van der Waals surface area contributed by atoms with Crippen LogP contribution in [0.1, 0.15) is 31.5 Å². The van der Waals surface area contributed by atoms with Gasteiger partial charge in [0.2, 0.25) is 5.13 Å². The summed E-state index contributed by atoms with van der Waals surface area (Å²) in [5.74, 6) is 2.83. The molecule has 0 aromatic carbocycles. The average molecular weight is 232 g/mol. The van der Waals surface area contributed by atoms with Gasteiger partial charge in [-0.1, -0.05) is 6.92 Å². The molecule has 1 N–H and O–H groups in total. The zero-order chi connectivity index (χ0) is 9.97. The Balaban J connectivity index is 1.83. The van der Waals surface area contributed by atoms with Gasteiger partial charge in [-0.05, 0) is 18.8 Å². The number of aromatic nitrogens is 2. The monoisotopic (exact) mass is 231 g/mol. The first-order chi connectivity index (χ1) is 6.79. The molecule has 1 aromatic heterocycles. The molecular weight excluding hydrogens is 218 g/mol. The molecule has 2 rings (SSSR count). The predicted molar refractivity (Wildman–Crippen MR) is 60.3 cm³/mol.